The van der Waals surface area contributed by atoms with Crippen LogP contribution in [0.25, 0.3) is 0 Å². The van der Waals surface area contributed by atoms with E-state index in [1.807, 2.05) is 24.4 Å². The molecule has 8 fully saturated rings. The van der Waals surface area contributed by atoms with E-state index >= 15 is 0 Å². The van der Waals surface area contributed by atoms with Crippen LogP contribution in [0.1, 0.15) is 137 Å². The molecule has 0 radical (unpaired) electrons. The SMILES string of the molecule is C.C1=CCN=C1.C[C@]12CC[C@H]3[C@@H](CC[C@@H]4C[C@@](O)(CF)CC[C@@H]43)[C@@H]1CC[C@@H]2C(=O)CBr.C[C@]12CC[C@H]3[C@@H](CC[C@@H]4C[C@@](O)(CF)CC[C@@H]43)[C@@H]1CC[C@@H]2C(=O)Cn1cccn1.S=C(S)S. The van der Waals surface area contributed by atoms with Crippen molar-refractivity contribution in [3.05, 3.63) is 30.6 Å². The Labute approximate surface area is 408 Å². The molecule has 13 heteroatoms. The minimum Gasteiger partial charge on any atom is -0.387 e. The molecule has 360 valence electrons. The lowest BCUT2D eigenvalue weighted by atomic mass is 9.49. The summed E-state index contributed by atoms with van der Waals surface area (Å²) in [6.45, 7) is 4.90. The Hall–Kier alpha value is -0.990. The number of rotatable bonds is 7. The first-order chi connectivity index (χ1) is 30.1. The van der Waals surface area contributed by atoms with Gasteiger partial charge in [-0.1, -0.05) is 55.5 Å². The van der Waals surface area contributed by atoms with Crippen molar-refractivity contribution in [2.75, 3.05) is 25.2 Å². The third-order valence-corrected chi connectivity index (χ3v) is 19.6. The molecule has 9 aliphatic rings. The molecule has 0 aromatic carbocycles. The van der Waals surface area contributed by atoms with Crippen LogP contribution in [0.5, 0.6) is 0 Å². The molecule has 1 aliphatic heterocycles. The molecule has 10 rings (SSSR count). The average molecular weight is 1010 g/mol. The van der Waals surface area contributed by atoms with Gasteiger partial charge in [0.1, 0.15) is 19.1 Å². The molecule has 2 N–H and O–H groups in total. The third-order valence-electron chi connectivity index (χ3n) is 19.0. The van der Waals surface area contributed by atoms with Crippen molar-refractivity contribution in [1.29, 1.82) is 0 Å². The number of aliphatic imine (C=N–C) groups is 1. The van der Waals surface area contributed by atoms with Crippen LogP contribution in [-0.2, 0) is 16.1 Å². The molecule has 0 spiro atoms. The predicted octanol–water partition coefficient (Wildman–Crippen LogP) is 11.7. The van der Waals surface area contributed by atoms with E-state index < -0.39 is 24.6 Å². The highest BCUT2D eigenvalue weighted by molar-refractivity contribution is 9.09. The van der Waals surface area contributed by atoms with Gasteiger partial charge in [-0.15, -0.1) is 25.3 Å². The van der Waals surface area contributed by atoms with Gasteiger partial charge in [0.15, 0.2) is 5.78 Å². The van der Waals surface area contributed by atoms with Crippen molar-refractivity contribution in [3.8, 4) is 0 Å². The molecule has 64 heavy (non-hydrogen) atoms. The Morgan fingerprint density at radius 1 is 0.734 bits per heavy atom. The van der Waals surface area contributed by atoms with Gasteiger partial charge in [0.2, 0.25) is 0 Å². The first-order valence-electron chi connectivity index (χ1n) is 24.3. The second-order valence-corrected chi connectivity index (χ2v) is 24.7. The first kappa shape index (κ1) is 52.4. The molecule has 1 aromatic rings. The third kappa shape index (κ3) is 11.0. The second-order valence-electron chi connectivity index (χ2n) is 21.9. The van der Waals surface area contributed by atoms with Crippen LogP contribution in [0, 0.1) is 81.8 Å². The summed E-state index contributed by atoms with van der Waals surface area (Å²) in [7, 11) is 0. The summed E-state index contributed by atoms with van der Waals surface area (Å²) in [6.07, 6.45) is 27.9. The second kappa shape index (κ2) is 22.2. The normalized spacial score (nSPS) is 43.3. The lowest BCUT2D eigenvalue weighted by molar-refractivity contribution is -0.134. The summed E-state index contributed by atoms with van der Waals surface area (Å²) in [5.74, 6) is 7.81. The van der Waals surface area contributed by atoms with Gasteiger partial charge in [-0.05, 0) is 198 Å². The number of alkyl halides is 3. The van der Waals surface area contributed by atoms with Gasteiger partial charge < -0.3 is 10.2 Å². The zero-order valence-corrected chi connectivity index (χ0v) is 41.8. The van der Waals surface area contributed by atoms with Crippen LogP contribution in [0.4, 0.5) is 8.78 Å². The van der Waals surface area contributed by atoms with Crippen molar-refractivity contribution < 1.29 is 28.6 Å². The van der Waals surface area contributed by atoms with Gasteiger partial charge in [-0.25, -0.2) is 8.78 Å². The minimum absolute atomic E-state index is 0. The Balaban J connectivity index is 0.000000177. The molecule has 8 aliphatic carbocycles. The number of thiol groups is 2. The Bertz CT molecular complexity index is 1790. The molecule has 0 bridgehead atoms. The molecule has 0 saturated heterocycles. The number of carbonyl (C=O) groups excluding carboxylic acids is 2. The fourth-order valence-electron chi connectivity index (χ4n) is 16.3. The number of aromatic nitrogens is 2. The van der Waals surface area contributed by atoms with Crippen molar-refractivity contribution >= 4 is 74.7 Å². The highest BCUT2D eigenvalue weighted by Gasteiger charge is 2.60. The molecule has 7 nitrogen and oxygen atoms in total. The van der Waals surface area contributed by atoms with Crippen molar-refractivity contribution in [1.82, 2.24) is 9.78 Å². The molecule has 2 heterocycles. The maximum Gasteiger partial charge on any atom is 0.157 e. The number of halogens is 3. The van der Waals surface area contributed by atoms with Gasteiger partial charge in [-0.2, -0.15) is 5.10 Å². The van der Waals surface area contributed by atoms with Crippen LogP contribution >= 0.6 is 53.4 Å². The zero-order chi connectivity index (χ0) is 45.2. The van der Waals surface area contributed by atoms with E-state index in [1.165, 1.54) is 44.9 Å². The van der Waals surface area contributed by atoms with Crippen molar-refractivity contribution in [2.45, 2.75) is 155 Å². The fraction of sp³-hybridized carbons (Fsp3) is 0.824. The van der Waals surface area contributed by atoms with Gasteiger partial charge in [0.25, 0.3) is 0 Å². The Kier molecular flexibility index (Phi) is 18.2. The molecule has 1 aromatic heterocycles. The van der Waals surface area contributed by atoms with Gasteiger partial charge in [-0.3, -0.25) is 19.3 Å². The van der Waals surface area contributed by atoms with Gasteiger partial charge in [0, 0.05) is 30.4 Å². The number of aliphatic hydroxyl groups is 2. The topological polar surface area (TPSA) is 105 Å². The lowest BCUT2D eigenvalue weighted by Crippen LogP contribution is -2.52. The standard InChI is InChI=1S/C24H35FN2O2.C21H32BrFO2.C4H5N.CH2S3.CH4/c1-23-9-7-18-17-8-10-24(29,15-25)13-16(17)3-4-19(18)20(23)5-6-21(23)22(28)14-27-12-2-11-26-27;1-20-8-6-15-14-7-9-21(25,12-23)10-13(14)2-3-16(15)17(20)4-5-18(20)19(24)11-22;1-2-4-5-3-1;2-1(3)4;/h2,11-12,16-21,29H,3-10,13-15H2,1H3;13-18,25H,2-12H2,1H3;1-3H,4H2;(H2,2,3,4);1H4/t16-,17+,18-,19-,20+,21-,23+,24-;13-,14+,15-,16-,17+,18-,20+,21-;;;/m11.../s1. The molecule has 0 amide bonds. The van der Waals surface area contributed by atoms with Crippen LogP contribution in [0.3, 0.4) is 0 Å². The number of hydrogen-bond donors (Lipinski definition) is 4. The van der Waals surface area contributed by atoms with Crippen LogP contribution < -0.4 is 0 Å². The monoisotopic (exact) mass is 1010 g/mol. The summed E-state index contributed by atoms with van der Waals surface area (Å²) in [6, 6.07) is 1.88. The molecular formula is C51H78BrF2N3O4S3. The molecule has 16 atom stereocenters. The molecule has 8 saturated carbocycles. The van der Waals surface area contributed by atoms with E-state index in [1.54, 1.807) is 17.1 Å². The maximum absolute atomic E-state index is 13.3. The quantitative estimate of drug-likeness (QED) is 0.123. The average Bonchev–Trinajstić information content (AvgIpc) is 4.11. The van der Waals surface area contributed by atoms with E-state index in [0.717, 1.165) is 69.2 Å². The van der Waals surface area contributed by atoms with E-state index in [9.17, 15) is 28.6 Å². The number of hydrogen-bond acceptors (Lipinski definition) is 7. The summed E-state index contributed by atoms with van der Waals surface area (Å²) in [4.78, 5) is 29.4. The van der Waals surface area contributed by atoms with Crippen molar-refractivity contribution in [2.24, 2.45) is 86.8 Å². The number of carbonyl (C=O) groups is 2. The minimum atomic E-state index is -1.06. The number of thiocarbonyl (C=S) groups is 1. The number of nitrogens with zero attached hydrogens (tertiary/aromatic N) is 3. The number of Topliss-reactive ketones (excluding diaryl/α,β-unsaturated/α-hetero) is 2. The lowest BCUT2D eigenvalue weighted by Gasteiger charge is -2.56. The fourth-order valence-corrected chi connectivity index (χ4v) is 16.7. The maximum atomic E-state index is 13.3. The predicted molar refractivity (Wildman–Crippen MR) is 269 cm³/mol. The summed E-state index contributed by atoms with van der Waals surface area (Å²) in [5.41, 5.74) is -1.77. The molecule has 0 unspecified atom stereocenters. The number of allylic oxidation sites excluding steroid dienone is 1. The van der Waals surface area contributed by atoms with Crippen LogP contribution in [0.2, 0.25) is 0 Å². The zero-order valence-electron chi connectivity index (χ0n) is 37.6. The highest BCUT2D eigenvalue weighted by Crippen LogP contribution is 2.66. The Morgan fingerprint density at radius 2 is 1.22 bits per heavy atom. The van der Waals surface area contributed by atoms with E-state index in [4.69, 9.17) is 0 Å². The first-order valence-corrected chi connectivity index (χ1v) is 26.7. The summed E-state index contributed by atoms with van der Waals surface area (Å²) >= 11 is 14.8. The smallest absolute Gasteiger partial charge is 0.157 e. The van der Waals surface area contributed by atoms with E-state index in [0.29, 0.717) is 94.1 Å². The number of ketones is 2. The summed E-state index contributed by atoms with van der Waals surface area (Å²) in [5, 5.41) is 25.6. The molecular weight excluding hydrogens is 933 g/mol. The van der Waals surface area contributed by atoms with E-state index in [2.05, 4.69) is 77.3 Å². The largest absolute Gasteiger partial charge is 0.387 e. The number of fused-ring (bicyclic) bond motifs is 10. The van der Waals surface area contributed by atoms with Crippen LogP contribution in [-0.4, -0.2) is 77.7 Å². The Morgan fingerprint density at radius 3 is 1.61 bits per heavy atom. The highest BCUT2D eigenvalue weighted by atomic mass is 79.9. The van der Waals surface area contributed by atoms with Crippen LogP contribution in [0.15, 0.2) is 35.6 Å². The summed E-state index contributed by atoms with van der Waals surface area (Å²) < 4.78 is 28.8. The van der Waals surface area contributed by atoms with Crippen molar-refractivity contribution in [3.63, 3.8) is 0 Å². The van der Waals surface area contributed by atoms with Gasteiger partial charge >= 0.3 is 0 Å². The van der Waals surface area contributed by atoms with Gasteiger partial charge in [0.05, 0.1) is 33.2 Å². The van der Waals surface area contributed by atoms with E-state index in [-0.39, 0.29) is 30.1 Å².